The van der Waals surface area contributed by atoms with Crippen LogP contribution in [0.15, 0.2) is 0 Å². The highest BCUT2D eigenvalue weighted by Gasteiger charge is 2.23. The number of rotatable bonds is 4. The first-order chi connectivity index (χ1) is 5.49. The van der Waals surface area contributed by atoms with E-state index in [1.165, 1.54) is 0 Å². The van der Waals surface area contributed by atoms with Crippen LogP contribution >= 0.6 is 12.4 Å². The van der Waals surface area contributed by atoms with Gasteiger partial charge in [0.1, 0.15) is 0 Å². The van der Waals surface area contributed by atoms with Gasteiger partial charge in [0.25, 0.3) is 0 Å². The molecule has 0 amide bonds. The smallest absolute Gasteiger partial charge is 0.334 e. The number of nitrogens with two attached hydrogens (primary N) is 1. The molecule has 0 heterocycles. The maximum absolute atomic E-state index is 10.8. The maximum atomic E-state index is 10.8. The molecule has 0 fully saturated rings. The Labute approximate surface area is 82.7 Å². The highest BCUT2D eigenvalue weighted by molar-refractivity contribution is 5.97. The SMILES string of the molecule is CCC(C)OC(=O)C(N)C(=O)O.Cl. The van der Waals surface area contributed by atoms with E-state index in [4.69, 9.17) is 10.8 Å². The molecule has 0 saturated carbocycles. The molecule has 0 bridgehead atoms. The Kier molecular flexibility index (Phi) is 7.55. The Morgan fingerprint density at radius 3 is 2.31 bits per heavy atom. The van der Waals surface area contributed by atoms with Crippen LogP contribution in [0.1, 0.15) is 20.3 Å². The summed E-state index contributed by atoms with van der Waals surface area (Å²) in [4.78, 5) is 21.0. The van der Waals surface area contributed by atoms with E-state index in [1.807, 2.05) is 6.92 Å². The van der Waals surface area contributed by atoms with Gasteiger partial charge in [-0.2, -0.15) is 0 Å². The van der Waals surface area contributed by atoms with Crippen LogP contribution in [-0.2, 0) is 14.3 Å². The number of halogens is 1. The van der Waals surface area contributed by atoms with E-state index in [2.05, 4.69) is 4.74 Å². The van der Waals surface area contributed by atoms with E-state index in [9.17, 15) is 9.59 Å². The standard InChI is InChI=1S/C7H13NO4.ClH/c1-3-4(2)12-7(11)5(8)6(9)10;/h4-5H,3,8H2,1-2H3,(H,9,10);1H. The summed E-state index contributed by atoms with van der Waals surface area (Å²) in [5.41, 5.74) is 4.99. The summed E-state index contributed by atoms with van der Waals surface area (Å²) in [5, 5.41) is 8.31. The maximum Gasteiger partial charge on any atom is 0.334 e. The fourth-order valence-electron chi connectivity index (χ4n) is 0.456. The molecule has 0 saturated heterocycles. The van der Waals surface area contributed by atoms with E-state index in [0.29, 0.717) is 6.42 Å². The van der Waals surface area contributed by atoms with E-state index in [0.717, 1.165) is 0 Å². The molecular weight excluding hydrogens is 198 g/mol. The monoisotopic (exact) mass is 211 g/mol. The molecule has 78 valence electrons. The Morgan fingerprint density at radius 2 is 2.00 bits per heavy atom. The lowest BCUT2D eigenvalue weighted by Gasteiger charge is -2.12. The highest BCUT2D eigenvalue weighted by Crippen LogP contribution is 1.97. The second kappa shape index (κ2) is 6.68. The number of aliphatic carboxylic acids is 1. The lowest BCUT2D eigenvalue weighted by Crippen LogP contribution is -2.40. The summed E-state index contributed by atoms with van der Waals surface area (Å²) in [5.74, 6) is -2.26. The van der Waals surface area contributed by atoms with Crippen LogP contribution in [0, 0.1) is 0 Å². The van der Waals surface area contributed by atoms with Crippen molar-refractivity contribution in [2.45, 2.75) is 32.4 Å². The lowest BCUT2D eigenvalue weighted by atomic mass is 10.3. The lowest BCUT2D eigenvalue weighted by molar-refractivity contribution is -0.156. The molecular formula is C7H14ClNO4. The number of carbonyl (C=O) groups excluding carboxylic acids is 1. The van der Waals surface area contributed by atoms with Gasteiger partial charge in [-0.15, -0.1) is 12.4 Å². The average Bonchev–Trinajstić information content (AvgIpc) is 2.02. The molecule has 2 unspecified atom stereocenters. The Hall–Kier alpha value is -0.810. The van der Waals surface area contributed by atoms with Gasteiger partial charge in [0.15, 0.2) is 0 Å². The van der Waals surface area contributed by atoms with Gasteiger partial charge < -0.3 is 15.6 Å². The van der Waals surface area contributed by atoms with E-state index in [1.54, 1.807) is 6.92 Å². The van der Waals surface area contributed by atoms with Crippen LogP contribution in [0.3, 0.4) is 0 Å². The van der Waals surface area contributed by atoms with Gasteiger partial charge in [-0.25, -0.2) is 9.59 Å². The molecule has 5 nitrogen and oxygen atoms in total. The van der Waals surface area contributed by atoms with Crippen molar-refractivity contribution in [2.75, 3.05) is 0 Å². The fourth-order valence-corrected chi connectivity index (χ4v) is 0.456. The average molecular weight is 212 g/mol. The number of carbonyl (C=O) groups is 2. The molecule has 13 heavy (non-hydrogen) atoms. The normalized spacial score (nSPS) is 13.8. The minimum absolute atomic E-state index is 0. The van der Waals surface area contributed by atoms with Gasteiger partial charge in [-0.05, 0) is 13.3 Å². The summed E-state index contributed by atoms with van der Waals surface area (Å²) in [6, 6.07) is -1.57. The molecule has 6 heteroatoms. The Balaban J connectivity index is 0. The van der Waals surface area contributed by atoms with Crippen LogP contribution < -0.4 is 5.73 Å². The number of hydrogen-bond acceptors (Lipinski definition) is 4. The zero-order chi connectivity index (χ0) is 9.72. The molecule has 0 radical (unpaired) electrons. The third kappa shape index (κ3) is 5.43. The molecule has 0 aromatic carbocycles. The molecule has 0 aliphatic rings. The van der Waals surface area contributed by atoms with Crippen LogP contribution in [0.25, 0.3) is 0 Å². The third-order valence-corrected chi connectivity index (χ3v) is 1.41. The van der Waals surface area contributed by atoms with E-state index in [-0.39, 0.29) is 18.5 Å². The van der Waals surface area contributed by atoms with E-state index >= 15 is 0 Å². The van der Waals surface area contributed by atoms with Crippen molar-refractivity contribution in [3.05, 3.63) is 0 Å². The molecule has 0 aliphatic heterocycles. The van der Waals surface area contributed by atoms with E-state index < -0.39 is 18.0 Å². The molecule has 3 N–H and O–H groups in total. The van der Waals surface area contributed by atoms with Crippen molar-refractivity contribution < 1.29 is 19.4 Å². The zero-order valence-electron chi connectivity index (χ0n) is 7.52. The first kappa shape index (κ1) is 14.7. The molecule has 0 aromatic heterocycles. The quantitative estimate of drug-likeness (QED) is 0.511. The molecule has 0 rings (SSSR count). The topological polar surface area (TPSA) is 89.6 Å². The first-order valence-electron chi connectivity index (χ1n) is 3.68. The first-order valence-corrected chi connectivity index (χ1v) is 3.68. The molecule has 0 aliphatic carbocycles. The number of carboxylic acid groups (broad SMARTS) is 1. The second-order valence-corrected chi connectivity index (χ2v) is 2.47. The summed E-state index contributed by atoms with van der Waals surface area (Å²) in [6.07, 6.45) is 0.348. The van der Waals surface area contributed by atoms with Crippen molar-refractivity contribution in [3.63, 3.8) is 0 Å². The number of hydrogen-bond donors (Lipinski definition) is 2. The van der Waals surface area contributed by atoms with Gasteiger partial charge in [0.2, 0.25) is 6.04 Å². The van der Waals surface area contributed by atoms with Crippen LogP contribution in [0.4, 0.5) is 0 Å². The summed E-state index contributed by atoms with van der Waals surface area (Å²) >= 11 is 0. The minimum atomic E-state index is -1.57. The summed E-state index contributed by atoms with van der Waals surface area (Å²) < 4.78 is 4.68. The van der Waals surface area contributed by atoms with Gasteiger partial charge in [0.05, 0.1) is 6.10 Å². The van der Waals surface area contributed by atoms with Crippen LogP contribution in [0.5, 0.6) is 0 Å². The molecule has 0 spiro atoms. The Morgan fingerprint density at radius 1 is 1.54 bits per heavy atom. The van der Waals surface area contributed by atoms with Gasteiger partial charge in [0, 0.05) is 0 Å². The number of ether oxygens (including phenoxy) is 1. The fraction of sp³-hybridized carbons (Fsp3) is 0.714. The van der Waals surface area contributed by atoms with Crippen molar-refractivity contribution in [1.29, 1.82) is 0 Å². The van der Waals surface area contributed by atoms with Gasteiger partial charge in [-0.3, -0.25) is 0 Å². The Bertz CT molecular complexity index is 185. The number of carboxylic acids is 1. The zero-order valence-corrected chi connectivity index (χ0v) is 8.34. The predicted octanol–water partition coefficient (Wildman–Crippen LogP) is 0.162. The van der Waals surface area contributed by atoms with Crippen molar-refractivity contribution >= 4 is 24.3 Å². The van der Waals surface area contributed by atoms with Gasteiger partial charge >= 0.3 is 11.9 Å². The van der Waals surface area contributed by atoms with Crippen LogP contribution in [0.2, 0.25) is 0 Å². The van der Waals surface area contributed by atoms with Crippen molar-refractivity contribution in [1.82, 2.24) is 0 Å². The predicted molar refractivity (Wildman–Crippen MR) is 48.7 cm³/mol. The van der Waals surface area contributed by atoms with Gasteiger partial charge in [-0.1, -0.05) is 6.92 Å². The van der Waals surface area contributed by atoms with Crippen LogP contribution in [-0.4, -0.2) is 29.2 Å². The van der Waals surface area contributed by atoms with Crippen molar-refractivity contribution in [2.24, 2.45) is 5.73 Å². The second-order valence-electron chi connectivity index (χ2n) is 2.47. The minimum Gasteiger partial charge on any atom is -0.480 e. The molecule has 2 atom stereocenters. The highest BCUT2D eigenvalue weighted by atomic mass is 35.5. The summed E-state index contributed by atoms with van der Waals surface area (Å²) in [7, 11) is 0. The number of esters is 1. The molecule has 0 aromatic rings. The third-order valence-electron chi connectivity index (χ3n) is 1.41. The summed E-state index contributed by atoms with van der Waals surface area (Å²) in [6.45, 7) is 3.50. The van der Waals surface area contributed by atoms with Crippen molar-refractivity contribution in [3.8, 4) is 0 Å². The largest absolute Gasteiger partial charge is 0.480 e.